The van der Waals surface area contributed by atoms with Crippen LogP contribution in [-0.4, -0.2) is 6.54 Å². The van der Waals surface area contributed by atoms with Gasteiger partial charge in [-0.2, -0.15) is 0 Å². The van der Waals surface area contributed by atoms with Gasteiger partial charge in [0.1, 0.15) is 0 Å². The Balaban J connectivity index is 2.31. The van der Waals surface area contributed by atoms with Crippen LogP contribution in [0.1, 0.15) is 47.4 Å². The minimum Gasteiger partial charge on any atom is -0.330 e. The van der Waals surface area contributed by atoms with Crippen LogP contribution < -0.4 is 5.73 Å². The standard InChI is InChI=1S/C11H17NS/c1-7(2)10-5-8-3-4-9(6-12)11(8)13-10/h5,7,9H,3-4,6,12H2,1-2H3. The van der Waals surface area contributed by atoms with Gasteiger partial charge in [-0.1, -0.05) is 13.8 Å². The molecule has 2 rings (SSSR count). The van der Waals surface area contributed by atoms with Gasteiger partial charge >= 0.3 is 0 Å². The van der Waals surface area contributed by atoms with E-state index < -0.39 is 0 Å². The third-order valence-electron chi connectivity index (χ3n) is 2.85. The number of aryl methyl sites for hydroxylation is 1. The molecule has 72 valence electrons. The van der Waals surface area contributed by atoms with Crippen molar-refractivity contribution in [3.63, 3.8) is 0 Å². The lowest BCUT2D eigenvalue weighted by Crippen LogP contribution is -2.08. The van der Waals surface area contributed by atoms with Gasteiger partial charge in [0.05, 0.1) is 0 Å². The van der Waals surface area contributed by atoms with Crippen molar-refractivity contribution in [1.29, 1.82) is 0 Å². The molecule has 0 amide bonds. The Hall–Kier alpha value is -0.340. The highest BCUT2D eigenvalue weighted by Crippen LogP contribution is 2.40. The molecule has 0 spiro atoms. The molecule has 2 N–H and O–H groups in total. The number of nitrogens with two attached hydrogens (primary N) is 1. The molecule has 1 atom stereocenters. The zero-order valence-electron chi connectivity index (χ0n) is 8.34. The summed E-state index contributed by atoms with van der Waals surface area (Å²) in [4.78, 5) is 3.11. The predicted molar refractivity (Wildman–Crippen MR) is 58.5 cm³/mol. The summed E-state index contributed by atoms with van der Waals surface area (Å²) >= 11 is 1.98. The highest BCUT2D eigenvalue weighted by molar-refractivity contribution is 7.12. The average Bonchev–Trinajstić information content (AvgIpc) is 2.60. The first-order valence-electron chi connectivity index (χ1n) is 5.05. The topological polar surface area (TPSA) is 26.0 Å². The van der Waals surface area contributed by atoms with Crippen LogP contribution in [0.3, 0.4) is 0 Å². The second-order valence-corrected chi connectivity index (χ2v) is 5.28. The van der Waals surface area contributed by atoms with Crippen LogP contribution in [0, 0.1) is 0 Å². The third kappa shape index (κ3) is 1.53. The van der Waals surface area contributed by atoms with E-state index in [1.54, 1.807) is 10.4 Å². The second kappa shape index (κ2) is 3.43. The Labute approximate surface area is 84.0 Å². The quantitative estimate of drug-likeness (QED) is 0.771. The van der Waals surface area contributed by atoms with Crippen LogP contribution in [0.15, 0.2) is 6.07 Å². The fraction of sp³-hybridized carbons (Fsp3) is 0.636. The van der Waals surface area contributed by atoms with Gasteiger partial charge in [0.25, 0.3) is 0 Å². The van der Waals surface area contributed by atoms with Crippen LogP contribution in [0.2, 0.25) is 0 Å². The molecule has 0 saturated carbocycles. The van der Waals surface area contributed by atoms with Crippen molar-refractivity contribution < 1.29 is 0 Å². The Morgan fingerprint density at radius 2 is 2.38 bits per heavy atom. The van der Waals surface area contributed by atoms with Crippen molar-refractivity contribution in [2.75, 3.05) is 6.54 Å². The Morgan fingerprint density at radius 1 is 1.62 bits per heavy atom. The smallest absolute Gasteiger partial charge is 0.0124 e. The van der Waals surface area contributed by atoms with E-state index in [0.29, 0.717) is 11.8 Å². The Bertz CT molecular complexity index is 301. The van der Waals surface area contributed by atoms with Gasteiger partial charge < -0.3 is 5.73 Å². The molecule has 0 fully saturated rings. The largest absolute Gasteiger partial charge is 0.330 e. The molecule has 13 heavy (non-hydrogen) atoms. The summed E-state index contributed by atoms with van der Waals surface area (Å²) in [6.07, 6.45) is 2.52. The molecule has 1 aromatic rings. The van der Waals surface area contributed by atoms with Crippen molar-refractivity contribution in [2.24, 2.45) is 5.73 Å². The summed E-state index contributed by atoms with van der Waals surface area (Å²) in [7, 11) is 0. The number of thiophene rings is 1. The van der Waals surface area contributed by atoms with Crippen LogP contribution in [0.25, 0.3) is 0 Å². The van der Waals surface area contributed by atoms with Gasteiger partial charge in [-0.3, -0.25) is 0 Å². The maximum absolute atomic E-state index is 5.74. The van der Waals surface area contributed by atoms with Crippen molar-refractivity contribution in [2.45, 2.75) is 38.5 Å². The lowest BCUT2D eigenvalue weighted by atomic mass is 10.1. The fourth-order valence-corrected chi connectivity index (χ4v) is 3.34. The van der Waals surface area contributed by atoms with Crippen molar-refractivity contribution in [1.82, 2.24) is 0 Å². The maximum Gasteiger partial charge on any atom is 0.0124 e. The SMILES string of the molecule is CC(C)c1cc2c(s1)C(CN)CC2. The van der Waals surface area contributed by atoms with Gasteiger partial charge in [-0.25, -0.2) is 0 Å². The maximum atomic E-state index is 5.74. The molecule has 1 aliphatic carbocycles. The van der Waals surface area contributed by atoms with Crippen LogP contribution in [0.5, 0.6) is 0 Å². The molecule has 0 bridgehead atoms. The Kier molecular flexibility index (Phi) is 2.43. The van der Waals surface area contributed by atoms with Crippen molar-refractivity contribution in [3.05, 3.63) is 21.4 Å². The lowest BCUT2D eigenvalue weighted by molar-refractivity contribution is 0.694. The first-order chi connectivity index (χ1) is 6.22. The zero-order valence-corrected chi connectivity index (χ0v) is 9.16. The monoisotopic (exact) mass is 195 g/mol. The summed E-state index contributed by atoms with van der Waals surface area (Å²) in [6.45, 7) is 5.35. The van der Waals surface area contributed by atoms with E-state index >= 15 is 0 Å². The zero-order chi connectivity index (χ0) is 9.42. The molecule has 0 aliphatic heterocycles. The van der Waals surface area contributed by atoms with Gasteiger partial charge in [0, 0.05) is 15.7 Å². The highest BCUT2D eigenvalue weighted by Gasteiger charge is 2.24. The van der Waals surface area contributed by atoms with Gasteiger partial charge in [0.15, 0.2) is 0 Å². The molecule has 1 unspecified atom stereocenters. The molecule has 0 aromatic carbocycles. The second-order valence-electron chi connectivity index (χ2n) is 4.16. The van der Waals surface area contributed by atoms with Gasteiger partial charge in [-0.05, 0) is 36.9 Å². The predicted octanol–water partition coefficient (Wildman–Crippen LogP) is 2.86. The van der Waals surface area contributed by atoms with Crippen molar-refractivity contribution in [3.8, 4) is 0 Å². The molecule has 2 heteroatoms. The van der Waals surface area contributed by atoms with Crippen LogP contribution in [-0.2, 0) is 6.42 Å². The molecule has 1 nitrogen and oxygen atoms in total. The molecule has 1 aliphatic rings. The van der Waals surface area contributed by atoms with E-state index in [1.807, 2.05) is 11.3 Å². The van der Waals surface area contributed by atoms with E-state index in [4.69, 9.17) is 5.73 Å². The Morgan fingerprint density at radius 3 is 3.00 bits per heavy atom. The molecule has 0 radical (unpaired) electrons. The molecule has 1 heterocycles. The van der Waals surface area contributed by atoms with E-state index in [0.717, 1.165) is 6.54 Å². The average molecular weight is 195 g/mol. The lowest BCUT2D eigenvalue weighted by Gasteiger charge is -2.05. The van der Waals surface area contributed by atoms with E-state index in [-0.39, 0.29) is 0 Å². The first kappa shape index (κ1) is 9.22. The number of rotatable bonds is 2. The van der Waals surface area contributed by atoms with Crippen LogP contribution in [0.4, 0.5) is 0 Å². The van der Waals surface area contributed by atoms with E-state index in [2.05, 4.69) is 19.9 Å². The van der Waals surface area contributed by atoms with E-state index in [1.165, 1.54) is 17.7 Å². The molecular formula is C11H17NS. The summed E-state index contributed by atoms with van der Waals surface area (Å²) in [5, 5.41) is 0. The fourth-order valence-electron chi connectivity index (χ4n) is 1.98. The van der Waals surface area contributed by atoms with Crippen molar-refractivity contribution >= 4 is 11.3 Å². The molecular weight excluding hydrogens is 178 g/mol. The number of fused-ring (bicyclic) bond motifs is 1. The summed E-state index contributed by atoms with van der Waals surface area (Å²) in [5.74, 6) is 1.33. The highest BCUT2D eigenvalue weighted by atomic mass is 32.1. The molecule has 0 saturated heterocycles. The van der Waals surface area contributed by atoms with Crippen LogP contribution >= 0.6 is 11.3 Å². The summed E-state index contributed by atoms with van der Waals surface area (Å²) in [5.41, 5.74) is 7.31. The third-order valence-corrected chi connectivity index (χ3v) is 4.49. The summed E-state index contributed by atoms with van der Waals surface area (Å²) in [6, 6.07) is 2.39. The number of hydrogen-bond donors (Lipinski definition) is 1. The van der Waals surface area contributed by atoms with Gasteiger partial charge in [0.2, 0.25) is 0 Å². The minimum absolute atomic E-state index is 0.660. The van der Waals surface area contributed by atoms with E-state index in [9.17, 15) is 0 Å². The minimum atomic E-state index is 0.660. The number of hydrogen-bond acceptors (Lipinski definition) is 2. The molecule has 1 aromatic heterocycles. The normalized spacial score (nSPS) is 21.1. The first-order valence-corrected chi connectivity index (χ1v) is 5.86. The summed E-state index contributed by atoms with van der Waals surface area (Å²) < 4.78 is 0. The van der Waals surface area contributed by atoms with Gasteiger partial charge in [-0.15, -0.1) is 11.3 Å².